The number of carbonyl (C=O) groups is 2. The van der Waals surface area contributed by atoms with Crippen LogP contribution in [-0.2, 0) is 20.1 Å². The van der Waals surface area contributed by atoms with Crippen molar-refractivity contribution in [1.82, 2.24) is 0 Å². The van der Waals surface area contributed by atoms with E-state index in [4.69, 9.17) is 4.74 Å². The van der Waals surface area contributed by atoms with E-state index in [1.165, 1.54) is 6.21 Å². The average molecular weight is 364 g/mol. The molecule has 0 aromatic heterocycles. The van der Waals surface area contributed by atoms with Gasteiger partial charge >= 0.3 is 6.09 Å². The van der Waals surface area contributed by atoms with E-state index < -0.39 is 34.1 Å². The van der Waals surface area contributed by atoms with E-state index in [1.54, 1.807) is 51.1 Å². The molecule has 1 aromatic rings. The second-order valence-corrected chi connectivity index (χ2v) is 8.35. The highest BCUT2D eigenvalue weighted by Gasteiger charge is 2.29. The fourth-order valence-electron chi connectivity index (χ4n) is 2.15. The number of hydrogen-bond acceptors (Lipinski definition) is 4. The lowest BCUT2D eigenvalue weighted by Gasteiger charge is -2.17. The molecule has 7 heteroatoms. The molecule has 6 nitrogen and oxygen atoms in total. The van der Waals surface area contributed by atoms with Crippen LogP contribution in [0.1, 0.15) is 40.0 Å². The van der Waals surface area contributed by atoms with Gasteiger partial charge in [-0.25, -0.2) is 9.00 Å². The third kappa shape index (κ3) is 7.17. The summed E-state index contributed by atoms with van der Waals surface area (Å²) in [6, 6.07) is 8.63. The molecule has 0 heterocycles. The quantitative estimate of drug-likeness (QED) is 0.638. The van der Waals surface area contributed by atoms with Gasteiger partial charge in [0.15, 0.2) is 0 Å². The van der Waals surface area contributed by atoms with Crippen molar-refractivity contribution < 1.29 is 18.5 Å². The van der Waals surface area contributed by atoms with Crippen molar-refractivity contribution in [1.29, 1.82) is 0 Å². The fraction of sp³-hybridized carbons (Fsp3) is 0.500. The van der Waals surface area contributed by atoms with E-state index in [9.17, 15) is 13.8 Å². The van der Waals surface area contributed by atoms with Gasteiger partial charge in [-0.2, -0.15) is 9.36 Å². The van der Waals surface area contributed by atoms with Gasteiger partial charge in [0, 0.05) is 11.1 Å². The lowest BCUT2D eigenvalue weighted by molar-refractivity contribution is -0.119. The Hall–Kier alpha value is -2.02. The van der Waals surface area contributed by atoms with Crippen LogP contribution in [0.15, 0.2) is 44.6 Å². The molecule has 25 heavy (non-hydrogen) atoms. The number of ether oxygens (including phenoxy) is 1. The standard InChI is InChI=1S/C18H24N2O4S/c1-18(2,3)24-17(22)19-12-14(11-13-9-10-13)16(21)20-25(23)15-7-5-4-6-8-15/h4-8,12-14,25H,9-11H2,1-3H3/b19-12+. The molecule has 0 radical (unpaired) electrons. The Morgan fingerprint density at radius 2 is 1.92 bits per heavy atom. The molecular weight excluding hydrogens is 340 g/mol. The maximum Gasteiger partial charge on any atom is 0.433 e. The highest BCUT2D eigenvalue weighted by atomic mass is 32.2. The zero-order valence-electron chi connectivity index (χ0n) is 14.7. The number of rotatable bonds is 5. The molecular formula is C18H24N2O4S. The first-order valence-corrected chi connectivity index (χ1v) is 9.51. The summed E-state index contributed by atoms with van der Waals surface area (Å²) in [6.07, 6.45) is 3.21. The number of nitrogens with zero attached hydrogens (tertiary/aromatic N) is 2. The SMILES string of the molecule is CC(C)(C)OC(=O)/N=C/C(CC1CC1)C(=O)/N=[S@@H](=O)/c1ccccc1. The lowest BCUT2D eigenvalue weighted by atomic mass is 10.0. The Morgan fingerprint density at radius 1 is 1.28 bits per heavy atom. The topological polar surface area (TPSA) is 85.2 Å². The Bertz CT molecular complexity index is 727. The molecule has 0 spiro atoms. The normalized spacial score (nSPS) is 17.4. The number of thiol groups is 1. The fourth-order valence-corrected chi connectivity index (χ4v) is 3.02. The highest BCUT2D eigenvalue weighted by molar-refractivity contribution is 7.75. The van der Waals surface area contributed by atoms with Crippen LogP contribution >= 0.6 is 0 Å². The molecule has 1 aromatic carbocycles. The summed E-state index contributed by atoms with van der Waals surface area (Å²) in [6.45, 7) is 5.23. The van der Waals surface area contributed by atoms with Gasteiger partial charge in [0.25, 0.3) is 5.91 Å². The lowest BCUT2D eigenvalue weighted by Crippen LogP contribution is -2.23. The summed E-state index contributed by atoms with van der Waals surface area (Å²) >= 11 is 0. The van der Waals surface area contributed by atoms with Crippen LogP contribution in [0.25, 0.3) is 0 Å². The average Bonchev–Trinajstić information content (AvgIpc) is 3.34. The first-order chi connectivity index (χ1) is 11.7. The number of benzene rings is 1. The zero-order chi connectivity index (χ0) is 18.4. The minimum absolute atomic E-state index is 0.434. The van der Waals surface area contributed by atoms with Gasteiger partial charge in [0.05, 0.1) is 16.5 Å². The van der Waals surface area contributed by atoms with Crippen LogP contribution < -0.4 is 0 Å². The van der Waals surface area contributed by atoms with Crippen molar-refractivity contribution in [2.75, 3.05) is 0 Å². The van der Waals surface area contributed by atoms with E-state index in [0.29, 0.717) is 17.2 Å². The van der Waals surface area contributed by atoms with Crippen molar-refractivity contribution in [3.63, 3.8) is 0 Å². The molecule has 2 atom stereocenters. The van der Waals surface area contributed by atoms with Gasteiger partial charge in [0.1, 0.15) is 5.60 Å². The number of carbonyl (C=O) groups excluding carboxylic acids is 2. The minimum Gasteiger partial charge on any atom is -0.442 e. The molecule has 2 rings (SSSR count). The van der Waals surface area contributed by atoms with Gasteiger partial charge < -0.3 is 4.74 Å². The van der Waals surface area contributed by atoms with Crippen molar-refractivity contribution in [2.45, 2.75) is 50.5 Å². The molecule has 1 saturated carbocycles. The van der Waals surface area contributed by atoms with Crippen LogP contribution in [-0.4, -0.2) is 28.0 Å². The third-order valence-electron chi connectivity index (χ3n) is 3.52. The number of amides is 2. The van der Waals surface area contributed by atoms with E-state index in [0.717, 1.165) is 12.8 Å². The predicted octanol–water partition coefficient (Wildman–Crippen LogP) is 3.66. The maximum absolute atomic E-state index is 12.4. The molecule has 1 fully saturated rings. The summed E-state index contributed by atoms with van der Waals surface area (Å²) in [4.78, 5) is 28.3. The maximum atomic E-state index is 12.4. The van der Waals surface area contributed by atoms with E-state index in [2.05, 4.69) is 9.36 Å². The first kappa shape index (κ1) is 19.3. The highest BCUT2D eigenvalue weighted by Crippen LogP contribution is 2.35. The van der Waals surface area contributed by atoms with E-state index in [-0.39, 0.29) is 0 Å². The first-order valence-electron chi connectivity index (χ1n) is 8.29. The van der Waals surface area contributed by atoms with Crippen molar-refractivity contribution in [3.8, 4) is 0 Å². The molecule has 0 aliphatic heterocycles. The Labute approximate surface area is 149 Å². The Balaban J connectivity index is 2.09. The molecule has 0 saturated heterocycles. The van der Waals surface area contributed by atoms with Gasteiger partial charge in [-0.15, -0.1) is 0 Å². The van der Waals surface area contributed by atoms with Gasteiger partial charge in [0.2, 0.25) is 0 Å². The summed E-state index contributed by atoms with van der Waals surface area (Å²) < 4.78 is 21.1. The molecule has 1 aliphatic rings. The Kier molecular flexibility index (Phi) is 6.47. The third-order valence-corrected chi connectivity index (χ3v) is 4.64. The van der Waals surface area contributed by atoms with Crippen LogP contribution in [0.5, 0.6) is 0 Å². The largest absolute Gasteiger partial charge is 0.442 e. The molecule has 1 unspecified atom stereocenters. The number of aliphatic imine (C=N–C) groups is 1. The second kappa shape index (κ2) is 8.38. The summed E-state index contributed by atoms with van der Waals surface area (Å²) in [7, 11) is -2.15. The van der Waals surface area contributed by atoms with E-state index >= 15 is 0 Å². The van der Waals surface area contributed by atoms with Crippen molar-refractivity contribution >= 4 is 28.8 Å². The Morgan fingerprint density at radius 3 is 2.48 bits per heavy atom. The van der Waals surface area contributed by atoms with E-state index in [1.807, 2.05) is 0 Å². The molecule has 1 aliphatic carbocycles. The molecule has 0 N–H and O–H groups in total. The summed E-state index contributed by atoms with van der Waals surface area (Å²) in [5.41, 5.74) is -0.647. The van der Waals surface area contributed by atoms with Crippen LogP contribution in [0.2, 0.25) is 0 Å². The number of hydrogen-bond donors (Lipinski definition) is 1. The zero-order valence-corrected chi connectivity index (χ0v) is 15.6. The van der Waals surface area contributed by atoms with Crippen LogP contribution in [0, 0.1) is 11.8 Å². The van der Waals surface area contributed by atoms with Gasteiger partial charge in [-0.05, 0) is 45.2 Å². The van der Waals surface area contributed by atoms with Crippen LogP contribution in [0.4, 0.5) is 4.79 Å². The van der Waals surface area contributed by atoms with Crippen LogP contribution in [0.3, 0.4) is 0 Å². The molecule has 2 amide bonds. The smallest absolute Gasteiger partial charge is 0.433 e. The second-order valence-electron chi connectivity index (χ2n) is 7.09. The van der Waals surface area contributed by atoms with Gasteiger partial charge in [-0.3, -0.25) is 4.79 Å². The molecule has 136 valence electrons. The summed E-state index contributed by atoms with van der Waals surface area (Å²) in [5.74, 6) is -0.726. The molecule has 0 bridgehead atoms. The minimum atomic E-state index is -2.15. The predicted molar refractivity (Wildman–Crippen MR) is 97.2 cm³/mol. The van der Waals surface area contributed by atoms with Gasteiger partial charge in [-0.1, -0.05) is 31.0 Å². The van der Waals surface area contributed by atoms with Crippen molar-refractivity contribution in [2.24, 2.45) is 21.2 Å². The summed E-state index contributed by atoms with van der Waals surface area (Å²) in [5, 5.41) is 0. The monoisotopic (exact) mass is 364 g/mol. The van der Waals surface area contributed by atoms with Crippen molar-refractivity contribution in [3.05, 3.63) is 30.3 Å².